The average molecular weight is 359 g/mol. The molecule has 0 amide bonds. The Kier molecular flexibility index (Phi) is 4.17. The van der Waals surface area contributed by atoms with E-state index in [1.165, 1.54) is 12.1 Å². The van der Waals surface area contributed by atoms with Crippen LogP contribution in [-0.2, 0) is 21.3 Å². The first-order valence-corrected chi connectivity index (χ1v) is 8.44. The summed E-state index contributed by atoms with van der Waals surface area (Å²) in [4.78, 5) is 9.66. The van der Waals surface area contributed by atoms with Gasteiger partial charge in [-0.2, -0.15) is 5.26 Å². The first kappa shape index (κ1) is 16.9. The van der Waals surface area contributed by atoms with Gasteiger partial charge in [0.15, 0.2) is 0 Å². The molecule has 0 saturated carbocycles. The molecule has 2 N–H and O–H groups in total. The number of hydrogen-bond donors (Lipinski definition) is 2. The molecule has 0 fully saturated rings. The van der Waals surface area contributed by atoms with E-state index >= 15 is 0 Å². The van der Waals surface area contributed by atoms with Crippen molar-refractivity contribution >= 4 is 34.0 Å². The third kappa shape index (κ3) is 3.18. The molecule has 2 aromatic rings. The van der Waals surface area contributed by atoms with Crippen LogP contribution in [0, 0.1) is 21.4 Å². The van der Waals surface area contributed by atoms with E-state index in [1.54, 1.807) is 12.1 Å². The molecule has 0 spiro atoms. The number of nitrogens with zero attached hydrogens (tertiary/aromatic N) is 2. The number of nitriles is 1. The van der Waals surface area contributed by atoms with Crippen molar-refractivity contribution < 1.29 is 23.0 Å². The van der Waals surface area contributed by atoms with Gasteiger partial charge in [-0.05, 0) is 29.2 Å². The fourth-order valence-corrected chi connectivity index (χ4v) is 3.63. The fraction of sp³-hybridized carbons (Fsp3) is 0.0714. The van der Waals surface area contributed by atoms with Crippen molar-refractivity contribution in [1.82, 2.24) is 0 Å². The number of nitro groups is 1. The second-order valence-electron chi connectivity index (χ2n) is 5.23. The van der Waals surface area contributed by atoms with Gasteiger partial charge in [-0.15, -0.1) is 0 Å². The van der Waals surface area contributed by atoms with E-state index in [1.807, 2.05) is 0 Å². The number of nitrogens with one attached hydrogen (secondary N) is 1. The lowest BCUT2D eigenvalue weighted by Gasteiger charge is -2.10. The standard InChI is InChI=1S/C14H10BN3O6S/c16-7-10-5-12(18(20)21)3-4-14(10)25(22,23)17-11-2-1-9-8-24-15(19)13(9)6-11/h1-6,17,19H,8H2. The Morgan fingerprint density at radius 2 is 2.08 bits per heavy atom. The summed E-state index contributed by atoms with van der Waals surface area (Å²) in [5.41, 5.74) is 0.637. The number of sulfonamides is 1. The van der Waals surface area contributed by atoms with E-state index in [2.05, 4.69) is 4.72 Å². The zero-order valence-corrected chi connectivity index (χ0v) is 13.4. The van der Waals surface area contributed by atoms with Gasteiger partial charge >= 0.3 is 7.12 Å². The number of rotatable bonds is 4. The van der Waals surface area contributed by atoms with Crippen LogP contribution >= 0.6 is 0 Å². The van der Waals surface area contributed by atoms with Crippen LogP contribution in [0.5, 0.6) is 0 Å². The number of benzene rings is 2. The number of hydrogen-bond acceptors (Lipinski definition) is 7. The Labute approximate surface area is 142 Å². The molecule has 3 rings (SSSR count). The van der Waals surface area contributed by atoms with Gasteiger partial charge in [0.2, 0.25) is 0 Å². The molecule has 0 bridgehead atoms. The molecule has 2 aromatic carbocycles. The van der Waals surface area contributed by atoms with Crippen molar-refractivity contribution in [2.45, 2.75) is 11.5 Å². The molecule has 1 heterocycles. The molecule has 0 radical (unpaired) electrons. The molecule has 0 atom stereocenters. The molecule has 25 heavy (non-hydrogen) atoms. The molecule has 1 aliphatic rings. The van der Waals surface area contributed by atoms with Crippen molar-refractivity contribution in [3.05, 3.63) is 57.6 Å². The highest BCUT2D eigenvalue weighted by molar-refractivity contribution is 7.92. The molecular weight excluding hydrogens is 349 g/mol. The van der Waals surface area contributed by atoms with Gasteiger partial charge in [-0.3, -0.25) is 14.8 Å². The second kappa shape index (κ2) is 6.17. The number of fused-ring (bicyclic) bond motifs is 1. The van der Waals surface area contributed by atoms with Gasteiger partial charge in [0.1, 0.15) is 11.0 Å². The predicted octanol–water partition coefficient (Wildman–Crippen LogP) is 0.485. The van der Waals surface area contributed by atoms with E-state index in [-0.39, 0.29) is 28.4 Å². The lowest BCUT2D eigenvalue weighted by atomic mass is 9.79. The number of non-ortho nitro benzene ring substituents is 1. The lowest BCUT2D eigenvalue weighted by Crippen LogP contribution is -2.28. The quantitative estimate of drug-likeness (QED) is 0.459. The molecule has 11 heteroatoms. The number of anilines is 1. The van der Waals surface area contributed by atoms with E-state index in [4.69, 9.17) is 9.92 Å². The van der Waals surface area contributed by atoms with Crippen LogP contribution in [0.3, 0.4) is 0 Å². The first-order chi connectivity index (χ1) is 11.8. The minimum atomic E-state index is -4.15. The molecule has 126 valence electrons. The molecular formula is C14H10BN3O6S. The Morgan fingerprint density at radius 1 is 1.32 bits per heavy atom. The minimum absolute atomic E-state index is 0.172. The predicted molar refractivity (Wildman–Crippen MR) is 87.5 cm³/mol. The Morgan fingerprint density at radius 3 is 2.76 bits per heavy atom. The molecule has 0 aliphatic carbocycles. The fourth-order valence-electron chi connectivity index (χ4n) is 2.44. The van der Waals surface area contributed by atoms with Crippen molar-refractivity contribution in [2.24, 2.45) is 0 Å². The number of nitro benzene ring substituents is 1. The molecule has 0 unspecified atom stereocenters. The lowest BCUT2D eigenvalue weighted by molar-refractivity contribution is -0.384. The van der Waals surface area contributed by atoms with Gasteiger partial charge < -0.3 is 9.68 Å². The molecule has 0 saturated heterocycles. The van der Waals surface area contributed by atoms with Gasteiger partial charge in [0.05, 0.1) is 17.1 Å². The molecule has 0 aromatic heterocycles. The van der Waals surface area contributed by atoms with Crippen LogP contribution in [0.2, 0.25) is 0 Å². The van der Waals surface area contributed by atoms with Crippen molar-refractivity contribution in [3.8, 4) is 6.07 Å². The highest BCUT2D eigenvalue weighted by atomic mass is 32.2. The Bertz CT molecular complexity index is 1020. The van der Waals surface area contributed by atoms with E-state index in [0.29, 0.717) is 5.46 Å². The van der Waals surface area contributed by atoms with E-state index in [9.17, 15) is 23.6 Å². The maximum absolute atomic E-state index is 12.5. The van der Waals surface area contributed by atoms with Crippen LogP contribution in [0.4, 0.5) is 11.4 Å². The minimum Gasteiger partial charge on any atom is -0.423 e. The van der Waals surface area contributed by atoms with Crippen LogP contribution < -0.4 is 10.2 Å². The second-order valence-corrected chi connectivity index (χ2v) is 6.88. The summed E-state index contributed by atoms with van der Waals surface area (Å²) in [6.45, 7) is 0.227. The van der Waals surface area contributed by atoms with Crippen LogP contribution in [0.1, 0.15) is 11.1 Å². The Balaban J connectivity index is 1.97. The van der Waals surface area contributed by atoms with Crippen LogP contribution in [0.25, 0.3) is 0 Å². The average Bonchev–Trinajstić information content (AvgIpc) is 2.94. The van der Waals surface area contributed by atoms with E-state index in [0.717, 1.165) is 23.8 Å². The van der Waals surface area contributed by atoms with Gasteiger partial charge in [0, 0.05) is 17.8 Å². The smallest absolute Gasteiger partial charge is 0.423 e. The van der Waals surface area contributed by atoms with Crippen molar-refractivity contribution in [2.75, 3.05) is 4.72 Å². The van der Waals surface area contributed by atoms with Gasteiger partial charge in [-0.25, -0.2) is 8.42 Å². The Hall–Kier alpha value is -2.94. The summed E-state index contributed by atoms with van der Waals surface area (Å²) in [6.07, 6.45) is 0. The normalized spacial score (nSPS) is 13.2. The SMILES string of the molecule is N#Cc1cc([N+](=O)[O-])ccc1S(=O)(=O)Nc1ccc2c(c1)B(O)OC2. The molecule has 9 nitrogen and oxygen atoms in total. The topological polar surface area (TPSA) is 143 Å². The summed E-state index contributed by atoms with van der Waals surface area (Å²) in [6, 6.07) is 9.10. The summed E-state index contributed by atoms with van der Waals surface area (Å²) < 4.78 is 32.4. The van der Waals surface area contributed by atoms with E-state index < -0.39 is 22.1 Å². The zero-order valence-electron chi connectivity index (χ0n) is 12.5. The summed E-state index contributed by atoms with van der Waals surface area (Å²) in [5, 5.41) is 29.5. The van der Waals surface area contributed by atoms with Crippen molar-refractivity contribution in [1.29, 1.82) is 5.26 Å². The van der Waals surface area contributed by atoms with Crippen LogP contribution in [0.15, 0.2) is 41.3 Å². The maximum Gasteiger partial charge on any atom is 0.491 e. The third-order valence-corrected chi connectivity index (χ3v) is 5.08. The summed E-state index contributed by atoms with van der Waals surface area (Å²) in [7, 11) is -5.28. The third-order valence-electron chi connectivity index (χ3n) is 3.64. The van der Waals surface area contributed by atoms with Gasteiger partial charge in [0.25, 0.3) is 15.7 Å². The monoisotopic (exact) mass is 359 g/mol. The van der Waals surface area contributed by atoms with Crippen LogP contribution in [-0.4, -0.2) is 25.5 Å². The van der Waals surface area contributed by atoms with Gasteiger partial charge in [-0.1, -0.05) is 6.07 Å². The maximum atomic E-state index is 12.5. The summed E-state index contributed by atoms with van der Waals surface area (Å²) >= 11 is 0. The molecule has 1 aliphatic heterocycles. The highest BCUT2D eigenvalue weighted by Gasteiger charge is 2.28. The summed E-state index contributed by atoms with van der Waals surface area (Å²) in [5.74, 6) is 0. The zero-order chi connectivity index (χ0) is 18.2. The van der Waals surface area contributed by atoms with Crippen molar-refractivity contribution in [3.63, 3.8) is 0 Å². The first-order valence-electron chi connectivity index (χ1n) is 6.95. The highest BCUT2D eigenvalue weighted by Crippen LogP contribution is 2.24. The largest absolute Gasteiger partial charge is 0.491 e.